The molecule has 0 radical (unpaired) electrons. The van der Waals surface area contributed by atoms with Gasteiger partial charge in [-0.25, -0.2) is 12.8 Å². The first-order chi connectivity index (χ1) is 10.8. The summed E-state index contributed by atoms with van der Waals surface area (Å²) in [6.45, 7) is 1.43. The summed E-state index contributed by atoms with van der Waals surface area (Å²) < 4.78 is 46.5. The summed E-state index contributed by atoms with van der Waals surface area (Å²) in [6.07, 6.45) is 0. The Hall–Kier alpha value is -1.64. The highest BCUT2D eigenvalue weighted by Gasteiger charge is 2.18. The van der Waals surface area contributed by atoms with Crippen LogP contribution in [0.15, 0.2) is 45.8 Å². The number of aryl methyl sites for hydroxylation is 1. The molecular weight excluding hydrogens is 389 g/mol. The van der Waals surface area contributed by atoms with Gasteiger partial charge < -0.3 is 9.84 Å². The first-order valence-electron chi connectivity index (χ1n) is 6.65. The van der Waals surface area contributed by atoms with E-state index in [9.17, 15) is 12.8 Å². The lowest BCUT2D eigenvalue weighted by molar-refractivity contribution is 0.201. The van der Waals surface area contributed by atoms with Crippen LogP contribution in [0, 0.1) is 12.7 Å². The third-order valence-corrected chi connectivity index (χ3v) is 5.23. The third kappa shape index (κ3) is 4.43. The Morgan fingerprint density at radius 3 is 2.65 bits per heavy atom. The summed E-state index contributed by atoms with van der Waals surface area (Å²) >= 11 is 3.31. The highest BCUT2D eigenvalue weighted by Crippen LogP contribution is 2.29. The van der Waals surface area contributed by atoms with Gasteiger partial charge in [-0.1, -0.05) is 15.9 Å². The van der Waals surface area contributed by atoms with Crippen molar-refractivity contribution in [3.8, 4) is 5.75 Å². The lowest BCUT2D eigenvalue weighted by Gasteiger charge is -2.14. The SMILES string of the molecule is Cc1cc(S(=O)(=O)Nc2ccc(F)cc2OCCO)ccc1Br. The Morgan fingerprint density at radius 2 is 2.00 bits per heavy atom. The first-order valence-corrected chi connectivity index (χ1v) is 8.93. The van der Waals surface area contributed by atoms with Gasteiger partial charge in [0, 0.05) is 10.5 Å². The summed E-state index contributed by atoms with van der Waals surface area (Å²) in [5.74, 6) is -0.558. The van der Waals surface area contributed by atoms with Gasteiger partial charge in [0.15, 0.2) is 0 Å². The number of rotatable bonds is 6. The van der Waals surface area contributed by atoms with Gasteiger partial charge in [-0.05, 0) is 42.8 Å². The second-order valence-corrected chi connectivity index (χ2v) is 7.27. The Bertz CT molecular complexity index is 811. The molecule has 0 unspecified atom stereocenters. The lowest BCUT2D eigenvalue weighted by Crippen LogP contribution is -2.14. The zero-order chi connectivity index (χ0) is 17.0. The fraction of sp³-hybridized carbons (Fsp3) is 0.200. The lowest BCUT2D eigenvalue weighted by atomic mass is 10.2. The topological polar surface area (TPSA) is 75.6 Å². The molecule has 0 amide bonds. The minimum absolute atomic E-state index is 0.0106. The highest BCUT2D eigenvalue weighted by atomic mass is 79.9. The molecule has 0 aliphatic heterocycles. The van der Waals surface area contributed by atoms with Gasteiger partial charge in [0.1, 0.15) is 18.2 Å². The van der Waals surface area contributed by atoms with Crippen molar-refractivity contribution in [2.45, 2.75) is 11.8 Å². The second kappa shape index (κ2) is 7.29. The molecule has 0 aliphatic rings. The van der Waals surface area contributed by atoms with Gasteiger partial charge >= 0.3 is 0 Å². The molecule has 0 aliphatic carbocycles. The van der Waals surface area contributed by atoms with E-state index in [0.717, 1.165) is 22.2 Å². The Labute approximate surface area is 142 Å². The molecule has 0 spiro atoms. The van der Waals surface area contributed by atoms with E-state index in [2.05, 4.69) is 20.7 Å². The normalized spacial score (nSPS) is 11.3. The predicted octanol–water partition coefficient (Wildman–Crippen LogP) is 3.07. The number of nitrogens with one attached hydrogen (secondary N) is 1. The smallest absolute Gasteiger partial charge is 0.262 e. The van der Waals surface area contributed by atoms with E-state index >= 15 is 0 Å². The van der Waals surface area contributed by atoms with Gasteiger partial charge in [-0.2, -0.15) is 0 Å². The van der Waals surface area contributed by atoms with Crippen LogP contribution in [0.3, 0.4) is 0 Å². The minimum atomic E-state index is -3.85. The van der Waals surface area contributed by atoms with E-state index in [1.54, 1.807) is 13.0 Å². The quantitative estimate of drug-likeness (QED) is 0.776. The average molecular weight is 404 g/mol. The molecule has 8 heteroatoms. The highest BCUT2D eigenvalue weighted by molar-refractivity contribution is 9.10. The van der Waals surface area contributed by atoms with E-state index in [-0.39, 0.29) is 29.5 Å². The van der Waals surface area contributed by atoms with Crippen LogP contribution in [0.4, 0.5) is 10.1 Å². The van der Waals surface area contributed by atoms with E-state index in [4.69, 9.17) is 9.84 Å². The van der Waals surface area contributed by atoms with Gasteiger partial charge in [0.2, 0.25) is 0 Å². The van der Waals surface area contributed by atoms with Gasteiger partial charge in [-0.15, -0.1) is 0 Å². The average Bonchev–Trinajstić information content (AvgIpc) is 2.50. The number of benzene rings is 2. The second-order valence-electron chi connectivity index (χ2n) is 4.73. The molecule has 2 aromatic rings. The first kappa shape index (κ1) is 17.7. The molecule has 2 N–H and O–H groups in total. The number of halogens is 2. The number of aliphatic hydroxyl groups excluding tert-OH is 1. The zero-order valence-electron chi connectivity index (χ0n) is 12.2. The summed E-state index contributed by atoms with van der Waals surface area (Å²) in [5, 5.41) is 8.79. The number of hydrogen-bond acceptors (Lipinski definition) is 4. The number of sulfonamides is 1. The van der Waals surface area contributed by atoms with Crippen molar-refractivity contribution in [3.63, 3.8) is 0 Å². The molecule has 5 nitrogen and oxygen atoms in total. The van der Waals surface area contributed by atoms with E-state index < -0.39 is 15.8 Å². The fourth-order valence-corrected chi connectivity index (χ4v) is 3.25. The predicted molar refractivity (Wildman–Crippen MR) is 88.7 cm³/mol. The van der Waals surface area contributed by atoms with Crippen LogP contribution in [0.2, 0.25) is 0 Å². The summed E-state index contributed by atoms with van der Waals surface area (Å²) in [7, 11) is -3.85. The molecule has 23 heavy (non-hydrogen) atoms. The molecule has 0 aromatic heterocycles. The molecule has 2 rings (SSSR count). The van der Waals surface area contributed by atoms with Crippen LogP contribution >= 0.6 is 15.9 Å². The van der Waals surface area contributed by atoms with Gasteiger partial charge in [0.05, 0.1) is 17.2 Å². The number of aliphatic hydroxyl groups is 1. The van der Waals surface area contributed by atoms with Crippen molar-refractivity contribution >= 4 is 31.6 Å². The van der Waals surface area contributed by atoms with Crippen molar-refractivity contribution < 1.29 is 22.7 Å². The van der Waals surface area contributed by atoms with Crippen molar-refractivity contribution in [3.05, 3.63) is 52.3 Å². The van der Waals surface area contributed by atoms with E-state index in [1.807, 2.05) is 0 Å². The maximum absolute atomic E-state index is 13.3. The molecule has 0 saturated carbocycles. The fourth-order valence-electron chi connectivity index (χ4n) is 1.84. The van der Waals surface area contributed by atoms with E-state index in [1.165, 1.54) is 18.2 Å². The summed E-state index contributed by atoms with van der Waals surface area (Å²) in [5.41, 5.74) is 0.865. The van der Waals surface area contributed by atoms with Crippen LogP contribution in [0.25, 0.3) is 0 Å². The Balaban J connectivity index is 2.34. The Morgan fingerprint density at radius 1 is 1.26 bits per heavy atom. The standard InChI is InChI=1S/C15H15BrFNO4S/c1-10-8-12(3-4-13(10)16)23(20,21)18-14-5-2-11(17)9-15(14)22-7-6-19/h2-5,8-9,18-19H,6-7H2,1H3. The minimum Gasteiger partial charge on any atom is -0.489 e. The summed E-state index contributed by atoms with van der Waals surface area (Å²) in [4.78, 5) is 0.0793. The molecule has 0 fully saturated rings. The van der Waals surface area contributed by atoms with Crippen LogP contribution in [0.1, 0.15) is 5.56 Å². The maximum Gasteiger partial charge on any atom is 0.262 e. The molecule has 0 heterocycles. The van der Waals surface area contributed by atoms with E-state index in [0.29, 0.717) is 0 Å². The molecule has 0 atom stereocenters. The summed E-state index contributed by atoms with van der Waals surface area (Å²) in [6, 6.07) is 8.06. The van der Waals surface area contributed by atoms with Crippen LogP contribution in [-0.2, 0) is 10.0 Å². The zero-order valence-corrected chi connectivity index (χ0v) is 14.6. The van der Waals surface area contributed by atoms with Gasteiger partial charge in [-0.3, -0.25) is 4.72 Å². The maximum atomic E-state index is 13.3. The molecule has 2 aromatic carbocycles. The van der Waals surface area contributed by atoms with Crippen molar-refractivity contribution in [1.29, 1.82) is 0 Å². The van der Waals surface area contributed by atoms with Crippen molar-refractivity contribution in [1.82, 2.24) is 0 Å². The third-order valence-electron chi connectivity index (χ3n) is 2.98. The molecule has 0 saturated heterocycles. The number of hydrogen-bond donors (Lipinski definition) is 2. The van der Waals surface area contributed by atoms with Gasteiger partial charge in [0.25, 0.3) is 10.0 Å². The van der Waals surface area contributed by atoms with Crippen LogP contribution in [0.5, 0.6) is 5.75 Å². The molecule has 0 bridgehead atoms. The van der Waals surface area contributed by atoms with Crippen LogP contribution in [-0.4, -0.2) is 26.7 Å². The number of anilines is 1. The number of ether oxygens (including phenoxy) is 1. The Kier molecular flexibility index (Phi) is 5.61. The molecule has 124 valence electrons. The van der Waals surface area contributed by atoms with Crippen LogP contribution < -0.4 is 9.46 Å². The van der Waals surface area contributed by atoms with Crippen molar-refractivity contribution in [2.24, 2.45) is 0 Å². The molecular formula is C15H15BrFNO4S. The van der Waals surface area contributed by atoms with Crippen molar-refractivity contribution in [2.75, 3.05) is 17.9 Å². The monoisotopic (exact) mass is 403 g/mol. The largest absolute Gasteiger partial charge is 0.489 e.